The van der Waals surface area contributed by atoms with E-state index in [1.54, 1.807) is 14.0 Å². The molecule has 1 rings (SSSR count). The van der Waals surface area contributed by atoms with E-state index < -0.39 is 17.3 Å². The van der Waals surface area contributed by atoms with Gasteiger partial charge < -0.3 is 10.4 Å². The van der Waals surface area contributed by atoms with Crippen LogP contribution in [-0.4, -0.2) is 24.3 Å². The normalized spacial score (nSPS) is 15.4. The first-order valence-corrected chi connectivity index (χ1v) is 5.78. The minimum absolute atomic E-state index is 0.340. The van der Waals surface area contributed by atoms with Crippen LogP contribution in [0.25, 0.3) is 0 Å². The molecule has 1 atom stereocenters. The zero-order valence-electron chi connectivity index (χ0n) is 10.5. The highest BCUT2D eigenvalue weighted by atomic mass is 19.4. The van der Waals surface area contributed by atoms with Gasteiger partial charge in [0, 0.05) is 6.42 Å². The summed E-state index contributed by atoms with van der Waals surface area (Å²) in [5.74, 6) is 0. The maximum absolute atomic E-state index is 12.4. The van der Waals surface area contributed by atoms with Crippen molar-refractivity contribution < 1.29 is 18.3 Å². The van der Waals surface area contributed by atoms with Crippen molar-refractivity contribution in [3.05, 3.63) is 35.4 Å². The molecule has 1 aromatic carbocycles. The van der Waals surface area contributed by atoms with Gasteiger partial charge in [-0.2, -0.15) is 13.2 Å². The van der Waals surface area contributed by atoms with Crippen molar-refractivity contribution in [2.24, 2.45) is 0 Å². The molecule has 0 aliphatic rings. The second kappa shape index (κ2) is 5.71. The smallest absolute Gasteiger partial charge is 0.390 e. The van der Waals surface area contributed by atoms with Gasteiger partial charge in [0.25, 0.3) is 0 Å². The van der Waals surface area contributed by atoms with E-state index in [0.717, 1.165) is 12.1 Å². The van der Waals surface area contributed by atoms with Gasteiger partial charge in [-0.15, -0.1) is 0 Å². The van der Waals surface area contributed by atoms with Crippen LogP contribution < -0.4 is 5.32 Å². The lowest BCUT2D eigenvalue weighted by molar-refractivity contribution is -0.137. The Morgan fingerprint density at radius 1 is 1.17 bits per heavy atom. The molecule has 0 fully saturated rings. The molecule has 0 aromatic heterocycles. The molecule has 0 amide bonds. The topological polar surface area (TPSA) is 32.3 Å². The fourth-order valence-corrected chi connectivity index (χ4v) is 1.73. The van der Waals surface area contributed by atoms with Crippen LogP contribution >= 0.6 is 0 Å². The predicted molar refractivity (Wildman–Crippen MR) is 64.3 cm³/mol. The van der Waals surface area contributed by atoms with Gasteiger partial charge in [0.05, 0.1) is 11.2 Å². The number of alkyl halides is 3. The lowest BCUT2D eigenvalue weighted by atomic mass is 9.93. The summed E-state index contributed by atoms with van der Waals surface area (Å²) in [7, 11) is 1.79. The lowest BCUT2D eigenvalue weighted by Gasteiger charge is -2.23. The van der Waals surface area contributed by atoms with E-state index in [9.17, 15) is 18.3 Å². The van der Waals surface area contributed by atoms with Crippen LogP contribution in [-0.2, 0) is 12.6 Å². The second-order valence-corrected chi connectivity index (χ2v) is 4.72. The van der Waals surface area contributed by atoms with Crippen LogP contribution in [0.15, 0.2) is 24.3 Å². The van der Waals surface area contributed by atoms with Crippen molar-refractivity contribution in [1.82, 2.24) is 5.32 Å². The van der Waals surface area contributed by atoms with E-state index in [4.69, 9.17) is 0 Å². The standard InChI is InChI=1S/C13H18F3NO/c1-12(18,7-8-17-2)9-10-3-5-11(6-4-10)13(14,15)16/h3-6,17-18H,7-9H2,1-2H3. The molecule has 0 radical (unpaired) electrons. The van der Waals surface area contributed by atoms with Crippen molar-refractivity contribution in [3.8, 4) is 0 Å². The summed E-state index contributed by atoms with van der Waals surface area (Å²) in [6, 6.07) is 4.92. The third kappa shape index (κ3) is 4.66. The zero-order chi connectivity index (χ0) is 13.8. The fourth-order valence-electron chi connectivity index (χ4n) is 1.73. The van der Waals surface area contributed by atoms with Crippen LogP contribution in [0, 0.1) is 0 Å². The molecule has 1 aromatic rings. The summed E-state index contributed by atoms with van der Waals surface area (Å²) in [6.07, 6.45) is -3.43. The molecule has 102 valence electrons. The van der Waals surface area contributed by atoms with Gasteiger partial charge in [-0.1, -0.05) is 12.1 Å². The molecule has 0 aliphatic carbocycles. The summed E-state index contributed by atoms with van der Waals surface area (Å²) in [5, 5.41) is 13.0. The first kappa shape index (κ1) is 15.0. The highest BCUT2D eigenvalue weighted by molar-refractivity contribution is 5.25. The van der Waals surface area contributed by atoms with Crippen molar-refractivity contribution in [2.75, 3.05) is 13.6 Å². The highest BCUT2D eigenvalue weighted by Gasteiger charge is 2.30. The molecular weight excluding hydrogens is 243 g/mol. The number of hydrogen-bond donors (Lipinski definition) is 2. The van der Waals surface area contributed by atoms with Gasteiger partial charge in [-0.25, -0.2) is 0 Å². The molecular formula is C13H18F3NO. The third-order valence-electron chi connectivity index (χ3n) is 2.78. The summed E-state index contributed by atoms with van der Waals surface area (Å²) in [6.45, 7) is 2.34. The van der Waals surface area contributed by atoms with E-state index in [0.29, 0.717) is 24.9 Å². The number of halogens is 3. The Balaban J connectivity index is 2.69. The van der Waals surface area contributed by atoms with E-state index in [-0.39, 0.29) is 0 Å². The number of aliphatic hydroxyl groups is 1. The Bertz CT molecular complexity index is 371. The summed E-state index contributed by atoms with van der Waals surface area (Å²) < 4.78 is 37.1. The molecule has 0 saturated carbocycles. The maximum Gasteiger partial charge on any atom is 0.416 e. The van der Waals surface area contributed by atoms with Crippen LogP contribution in [0.2, 0.25) is 0 Å². The van der Waals surface area contributed by atoms with Crippen LogP contribution in [0.3, 0.4) is 0 Å². The van der Waals surface area contributed by atoms with Gasteiger partial charge in [0.2, 0.25) is 0 Å². The largest absolute Gasteiger partial charge is 0.416 e. The predicted octanol–water partition coefficient (Wildman–Crippen LogP) is 2.61. The first-order valence-electron chi connectivity index (χ1n) is 5.78. The molecule has 2 nitrogen and oxygen atoms in total. The van der Waals surface area contributed by atoms with Crippen molar-refractivity contribution in [3.63, 3.8) is 0 Å². The number of hydrogen-bond acceptors (Lipinski definition) is 2. The van der Waals surface area contributed by atoms with Gasteiger partial charge in [0.1, 0.15) is 0 Å². The monoisotopic (exact) mass is 261 g/mol. The van der Waals surface area contributed by atoms with Crippen molar-refractivity contribution >= 4 is 0 Å². The average molecular weight is 261 g/mol. The molecule has 1 unspecified atom stereocenters. The Labute approximate surface area is 105 Å². The molecule has 18 heavy (non-hydrogen) atoms. The van der Waals surface area contributed by atoms with Crippen molar-refractivity contribution in [2.45, 2.75) is 31.5 Å². The summed E-state index contributed by atoms with van der Waals surface area (Å²) >= 11 is 0. The summed E-state index contributed by atoms with van der Waals surface area (Å²) in [4.78, 5) is 0. The SMILES string of the molecule is CNCCC(C)(O)Cc1ccc(C(F)(F)F)cc1. The Kier molecular flexibility index (Phi) is 4.76. The average Bonchev–Trinajstić information content (AvgIpc) is 2.25. The van der Waals surface area contributed by atoms with E-state index in [2.05, 4.69) is 5.32 Å². The Hall–Kier alpha value is -1.07. The van der Waals surface area contributed by atoms with Gasteiger partial charge >= 0.3 is 6.18 Å². The Morgan fingerprint density at radius 2 is 1.72 bits per heavy atom. The van der Waals surface area contributed by atoms with Gasteiger partial charge in [-0.3, -0.25) is 0 Å². The van der Waals surface area contributed by atoms with Gasteiger partial charge in [-0.05, 0) is 44.6 Å². The third-order valence-corrected chi connectivity index (χ3v) is 2.78. The number of rotatable bonds is 5. The zero-order valence-corrected chi connectivity index (χ0v) is 10.5. The summed E-state index contributed by atoms with van der Waals surface area (Å²) in [5.41, 5.74) is -0.881. The minimum Gasteiger partial charge on any atom is -0.390 e. The molecule has 0 bridgehead atoms. The lowest BCUT2D eigenvalue weighted by Crippen LogP contribution is -2.31. The molecule has 2 N–H and O–H groups in total. The second-order valence-electron chi connectivity index (χ2n) is 4.72. The fraction of sp³-hybridized carbons (Fsp3) is 0.538. The molecule has 0 spiro atoms. The number of benzene rings is 1. The molecule has 0 aliphatic heterocycles. The Morgan fingerprint density at radius 3 is 2.17 bits per heavy atom. The van der Waals surface area contributed by atoms with Crippen LogP contribution in [0.5, 0.6) is 0 Å². The van der Waals surface area contributed by atoms with E-state index in [1.165, 1.54) is 12.1 Å². The van der Waals surface area contributed by atoms with Crippen molar-refractivity contribution in [1.29, 1.82) is 0 Å². The quantitative estimate of drug-likeness (QED) is 0.854. The maximum atomic E-state index is 12.4. The molecule has 0 heterocycles. The van der Waals surface area contributed by atoms with E-state index in [1.807, 2.05) is 0 Å². The van der Waals surface area contributed by atoms with Gasteiger partial charge in [0.15, 0.2) is 0 Å². The number of nitrogens with one attached hydrogen (secondary N) is 1. The molecule has 0 saturated heterocycles. The first-order chi connectivity index (χ1) is 8.24. The van der Waals surface area contributed by atoms with Crippen LogP contribution in [0.4, 0.5) is 13.2 Å². The minimum atomic E-state index is -4.31. The van der Waals surface area contributed by atoms with Crippen LogP contribution in [0.1, 0.15) is 24.5 Å². The molecule has 5 heteroatoms. The highest BCUT2D eigenvalue weighted by Crippen LogP contribution is 2.29. The van der Waals surface area contributed by atoms with E-state index >= 15 is 0 Å².